The van der Waals surface area contributed by atoms with Gasteiger partial charge in [0.05, 0.1) is 12.1 Å². The molecular weight excluding hydrogens is 258 g/mol. The predicted octanol–water partition coefficient (Wildman–Crippen LogP) is 2.49. The van der Waals surface area contributed by atoms with Gasteiger partial charge in [0.25, 0.3) is 0 Å². The summed E-state index contributed by atoms with van der Waals surface area (Å²) >= 11 is 1.47. The van der Waals surface area contributed by atoms with Crippen LogP contribution in [0.15, 0.2) is 5.38 Å². The molecule has 19 heavy (non-hydrogen) atoms. The molecule has 0 aliphatic heterocycles. The zero-order valence-electron chi connectivity index (χ0n) is 11.2. The fourth-order valence-corrected chi connectivity index (χ4v) is 3.25. The Balaban J connectivity index is 1.77. The van der Waals surface area contributed by atoms with E-state index in [0.717, 1.165) is 17.3 Å². The van der Waals surface area contributed by atoms with Crippen LogP contribution in [-0.4, -0.2) is 19.7 Å². The molecule has 5 nitrogen and oxygen atoms in total. The minimum atomic E-state index is 0.550. The number of rotatable bonds is 3. The standard InChI is InChI=1S/C13H19N5S/c1-18-11(7-10-8-19-13(14)15-10)16-12(17-18)9-5-3-2-4-6-9/h8-9H,2-7H2,1H3,(H2,14,15). The van der Waals surface area contributed by atoms with Gasteiger partial charge in [0.2, 0.25) is 0 Å². The van der Waals surface area contributed by atoms with Crippen molar-refractivity contribution in [2.24, 2.45) is 7.05 Å². The number of hydrogen-bond donors (Lipinski definition) is 1. The molecule has 0 spiro atoms. The average molecular weight is 277 g/mol. The van der Waals surface area contributed by atoms with E-state index >= 15 is 0 Å². The van der Waals surface area contributed by atoms with Crippen LogP contribution in [0, 0.1) is 0 Å². The van der Waals surface area contributed by atoms with Gasteiger partial charge in [-0.25, -0.2) is 9.97 Å². The monoisotopic (exact) mass is 277 g/mol. The van der Waals surface area contributed by atoms with Crippen LogP contribution in [0.4, 0.5) is 5.13 Å². The summed E-state index contributed by atoms with van der Waals surface area (Å²) in [7, 11) is 1.96. The van der Waals surface area contributed by atoms with Crippen molar-refractivity contribution in [1.29, 1.82) is 0 Å². The highest BCUT2D eigenvalue weighted by molar-refractivity contribution is 7.13. The molecule has 3 rings (SSSR count). The number of anilines is 1. The fourth-order valence-electron chi connectivity index (χ4n) is 2.69. The molecule has 1 aliphatic rings. The second-order valence-corrected chi connectivity index (χ2v) is 6.09. The lowest BCUT2D eigenvalue weighted by molar-refractivity contribution is 0.427. The molecule has 0 saturated heterocycles. The molecular formula is C13H19N5S. The van der Waals surface area contributed by atoms with Crippen LogP contribution in [-0.2, 0) is 13.5 Å². The van der Waals surface area contributed by atoms with Crippen LogP contribution < -0.4 is 5.73 Å². The minimum absolute atomic E-state index is 0.550. The van der Waals surface area contributed by atoms with Gasteiger partial charge in [0.15, 0.2) is 11.0 Å². The molecule has 0 radical (unpaired) electrons. The van der Waals surface area contributed by atoms with E-state index in [2.05, 4.69) is 10.1 Å². The summed E-state index contributed by atoms with van der Waals surface area (Å²) in [5.41, 5.74) is 6.64. The molecule has 6 heteroatoms. The van der Waals surface area contributed by atoms with Gasteiger partial charge in [-0.3, -0.25) is 4.68 Å². The van der Waals surface area contributed by atoms with Gasteiger partial charge >= 0.3 is 0 Å². The quantitative estimate of drug-likeness (QED) is 0.935. The van der Waals surface area contributed by atoms with Crippen molar-refractivity contribution in [3.63, 3.8) is 0 Å². The van der Waals surface area contributed by atoms with Crippen molar-refractivity contribution in [2.45, 2.75) is 44.4 Å². The molecule has 0 amide bonds. The Morgan fingerprint density at radius 3 is 2.79 bits per heavy atom. The van der Waals surface area contributed by atoms with Crippen molar-refractivity contribution in [1.82, 2.24) is 19.7 Å². The lowest BCUT2D eigenvalue weighted by Gasteiger charge is -2.18. The van der Waals surface area contributed by atoms with Crippen LogP contribution in [0.2, 0.25) is 0 Å². The Hall–Kier alpha value is -1.43. The fraction of sp³-hybridized carbons (Fsp3) is 0.615. The van der Waals surface area contributed by atoms with Gasteiger partial charge in [-0.1, -0.05) is 19.3 Å². The normalized spacial score (nSPS) is 16.9. The smallest absolute Gasteiger partial charge is 0.180 e. The Kier molecular flexibility index (Phi) is 3.50. The lowest BCUT2D eigenvalue weighted by Crippen LogP contribution is -2.06. The summed E-state index contributed by atoms with van der Waals surface area (Å²) in [5.74, 6) is 2.54. The molecule has 1 saturated carbocycles. The van der Waals surface area contributed by atoms with Gasteiger partial charge in [-0.2, -0.15) is 5.10 Å². The molecule has 0 aromatic carbocycles. The number of nitrogens with zero attached hydrogens (tertiary/aromatic N) is 4. The van der Waals surface area contributed by atoms with E-state index in [4.69, 9.17) is 10.7 Å². The Bertz CT molecular complexity index is 553. The number of nitrogen functional groups attached to an aromatic ring is 1. The van der Waals surface area contributed by atoms with Gasteiger partial charge in [0.1, 0.15) is 5.82 Å². The molecule has 2 N–H and O–H groups in total. The van der Waals surface area contributed by atoms with Gasteiger partial charge in [0, 0.05) is 18.3 Å². The maximum atomic E-state index is 5.66. The van der Waals surface area contributed by atoms with E-state index in [1.54, 1.807) is 0 Å². The van der Waals surface area contributed by atoms with Crippen molar-refractivity contribution in [3.05, 3.63) is 22.7 Å². The first-order valence-electron chi connectivity index (χ1n) is 6.82. The largest absolute Gasteiger partial charge is 0.375 e. The topological polar surface area (TPSA) is 69.6 Å². The molecule has 0 bridgehead atoms. The predicted molar refractivity (Wildman–Crippen MR) is 76.2 cm³/mol. The third-order valence-corrected chi connectivity index (χ3v) is 4.47. The molecule has 102 valence electrons. The first-order chi connectivity index (χ1) is 9.22. The Labute approximate surface area is 116 Å². The summed E-state index contributed by atoms with van der Waals surface area (Å²) < 4.78 is 1.89. The summed E-state index contributed by atoms with van der Waals surface area (Å²) in [6, 6.07) is 0. The number of aryl methyl sites for hydroxylation is 1. The van der Waals surface area contributed by atoms with Gasteiger partial charge in [-0.15, -0.1) is 11.3 Å². The van der Waals surface area contributed by atoms with Crippen molar-refractivity contribution >= 4 is 16.5 Å². The highest BCUT2D eigenvalue weighted by Gasteiger charge is 2.21. The summed E-state index contributed by atoms with van der Waals surface area (Å²) in [6.45, 7) is 0. The molecule has 2 aromatic rings. The van der Waals surface area contributed by atoms with Crippen molar-refractivity contribution < 1.29 is 0 Å². The third-order valence-electron chi connectivity index (χ3n) is 3.75. The third kappa shape index (κ3) is 2.78. The van der Waals surface area contributed by atoms with Crippen LogP contribution in [0.5, 0.6) is 0 Å². The van der Waals surface area contributed by atoms with Crippen LogP contribution in [0.1, 0.15) is 55.4 Å². The SMILES string of the molecule is Cn1nc(C2CCCCC2)nc1Cc1csc(N)n1. The number of nitrogens with two attached hydrogens (primary N) is 1. The van der Waals surface area contributed by atoms with Crippen molar-refractivity contribution in [2.75, 3.05) is 5.73 Å². The second kappa shape index (κ2) is 5.28. The van der Waals surface area contributed by atoms with Crippen molar-refractivity contribution in [3.8, 4) is 0 Å². The average Bonchev–Trinajstić information content (AvgIpc) is 2.98. The summed E-state index contributed by atoms with van der Waals surface area (Å²) in [4.78, 5) is 9.00. The van der Waals surface area contributed by atoms with E-state index in [-0.39, 0.29) is 0 Å². The van der Waals surface area contributed by atoms with Crippen LogP contribution in [0.3, 0.4) is 0 Å². The van der Waals surface area contributed by atoms with E-state index in [1.165, 1.54) is 43.4 Å². The van der Waals surface area contributed by atoms with E-state index < -0.39 is 0 Å². The first kappa shape index (κ1) is 12.6. The van der Waals surface area contributed by atoms with E-state index in [9.17, 15) is 0 Å². The second-order valence-electron chi connectivity index (χ2n) is 5.20. The maximum Gasteiger partial charge on any atom is 0.180 e. The Morgan fingerprint density at radius 1 is 1.32 bits per heavy atom. The summed E-state index contributed by atoms with van der Waals surface area (Å²) in [5, 5.41) is 7.19. The summed E-state index contributed by atoms with van der Waals surface area (Å²) in [6.07, 6.45) is 7.14. The van der Waals surface area contributed by atoms with Gasteiger partial charge in [-0.05, 0) is 12.8 Å². The lowest BCUT2D eigenvalue weighted by atomic mass is 9.89. The number of hydrogen-bond acceptors (Lipinski definition) is 5. The molecule has 1 aliphatic carbocycles. The number of thiazole rings is 1. The first-order valence-corrected chi connectivity index (χ1v) is 7.70. The Morgan fingerprint density at radius 2 is 2.11 bits per heavy atom. The maximum absolute atomic E-state index is 5.66. The van der Waals surface area contributed by atoms with E-state index in [0.29, 0.717) is 17.5 Å². The van der Waals surface area contributed by atoms with Crippen LogP contribution >= 0.6 is 11.3 Å². The molecule has 2 heterocycles. The van der Waals surface area contributed by atoms with E-state index in [1.807, 2.05) is 17.1 Å². The molecule has 0 atom stereocenters. The molecule has 1 fully saturated rings. The minimum Gasteiger partial charge on any atom is -0.375 e. The zero-order chi connectivity index (χ0) is 13.2. The molecule has 0 unspecified atom stereocenters. The number of aromatic nitrogens is 4. The highest BCUT2D eigenvalue weighted by Crippen LogP contribution is 2.30. The zero-order valence-corrected chi connectivity index (χ0v) is 12.0. The van der Waals surface area contributed by atoms with Gasteiger partial charge < -0.3 is 5.73 Å². The van der Waals surface area contributed by atoms with Crippen LogP contribution in [0.25, 0.3) is 0 Å². The molecule has 2 aromatic heterocycles. The highest BCUT2D eigenvalue weighted by atomic mass is 32.1.